The van der Waals surface area contributed by atoms with E-state index in [1.807, 2.05) is 62.4 Å². The Morgan fingerprint density at radius 2 is 1.90 bits per heavy atom. The third-order valence-corrected chi connectivity index (χ3v) is 3.59. The lowest BCUT2D eigenvalue weighted by Crippen LogP contribution is -2.28. The van der Waals surface area contributed by atoms with Gasteiger partial charge in [0.25, 0.3) is 0 Å². The second-order valence-corrected chi connectivity index (χ2v) is 5.50. The van der Waals surface area contributed by atoms with Crippen LogP contribution in [0.5, 0.6) is 5.75 Å². The fraction of sp³-hybridized carbons (Fsp3) is 0.250. The van der Waals surface area contributed by atoms with Gasteiger partial charge in [-0.2, -0.15) is 0 Å². The van der Waals surface area contributed by atoms with Gasteiger partial charge in [-0.1, -0.05) is 36.4 Å². The highest BCUT2D eigenvalue weighted by molar-refractivity contribution is 6.62. The molecule has 4 heteroatoms. The van der Waals surface area contributed by atoms with Gasteiger partial charge >= 0.3 is 7.12 Å². The van der Waals surface area contributed by atoms with Crippen LogP contribution < -0.4 is 10.2 Å². The zero-order valence-corrected chi connectivity index (χ0v) is 11.7. The number of benzene rings is 2. The molecular formula is C16H17BO3. The summed E-state index contributed by atoms with van der Waals surface area (Å²) in [7, 11) is -0.875. The Balaban J connectivity index is 1.78. The minimum absolute atomic E-state index is 0.452. The smallest absolute Gasteiger partial charge is 0.489 e. The topological polar surface area (TPSA) is 38.7 Å². The van der Waals surface area contributed by atoms with Gasteiger partial charge in [-0.3, -0.25) is 0 Å². The lowest BCUT2D eigenvalue weighted by molar-refractivity contribution is 0.101. The normalized spacial score (nSPS) is 16.1. The van der Waals surface area contributed by atoms with Gasteiger partial charge in [0, 0.05) is 0 Å². The van der Waals surface area contributed by atoms with Gasteiger partial charge in [0.15, 0.2) is 0 Å². The minimum atomic E-state index is -0.875. The van der Waals surface area contributed by atoms with E-state index in [1.165, 1.54) is 0 Å². The van der Waals surface area contributed by atoms with E-state index in [-0.39, 0.29) is 0 Å². The quantitative estimate of drug-likeness (QED) is 0.867. The van der Waals surface area contributed by atoms with Crippen LogP contribution in [0.3, 0.4) is 0 Å². The lowest BCUT2D eigenvalue weighted by atomic mass is 9.78. The van der Waals surface area contributed by atoms with Crippen LogP contribution in [0, 0.1) is 0 Å². The Morgan fingerprint density at radius 3 is 2.65 bits per heavy atom. The van der Waals surface area contributed by atoms with Crippen LogP contribution in [-0.2, 0) is 16.9 Å². The number of fused-ring (bicyclic) bond motifs is 1. The summed E-state index contributed by atoms with van der Waals surface area (Å²) < 4.78 is 11.3. The van der Waals surface area contributed by atoms with Gasteiger partial charge in [0.1, 0.15) is 12.4 Å². The fourth-order valence-electron chi connectivity index (χ4n) is 2.53. The molecule has 1 N–H and O–H groups in total. The van der Waals surface area contributed by atoms with Gasteiger partial charge < -0.3 is 14.4 Å². The first-order valence-corrected chi connectivity index (χ1v) is 6.73. The maximum atomic E-state index is 9.95. The number of rotatable bonds is 3. The highest BCUT2D eigenvalue weighted by atomic mass is 16.5. The standard InChI is InChI=1S/C16H17BO3/c1-16(2)14-9-8-13(10-15(14)17(18)20-16)19-11-12-6-4-3-5-7-12/h3-10,18H,11H2,1-2H3. The van der Waals surface area contributed by atoms with E-state index in [2.05, 4.69) is 0 Å². The summed E-state index contributed by atoms with van der Waals surface area (Å²) in [6.07, 6.45) is 0. The van der Waals surface area contributed by atoms with Crippen LogP contribution in [0.1, 0.15) is 25.0 Å². The van der Waals surface area contributed by atoms with E-state index in [0.29, 0.717) is 6.61 Å². The Kier molecular flexibility index (Phi) is 3.28. The molecule has 0 spiro atoms. The molecule has 1 aliphatic heterocycles. The molecule has 3 rings (SSSR count). The maximum Gasteiger partial charge on any atom is 0.492 e. The first kappa shape index (κ1) is 13.2. The van der Waals surface area contributed by atoms with Crippen LogP contribution in [-0.4, -0.2) is 12.1 Å². The van der Waals surface area contributed by atoms with Crippen molar-refractivity contribution in [1.82, 2.24) is 0 Å². The van der Waals surface area contributed by atoms with E-state index in [0.717, 1.165) is 22.3 Å². The van der Waals surface area contributed by atoms with Crippen molar-refractivity contribution in [2.24, 2.45) is 0 Å². The molecule has 0 atom stereocenters. The second-order valence-electron chi connectivity index (χ2n) is 5.50. The van der Waals surface area contributed by atoms with Crippen molar-refractivity contribution in [3.8, 4) is 5.75 Å². The molecule has 0 fully saturated rings. The summed E-state index contributed by atoms with van der Waals surface area (Å²) >= 11 is 0. The monoisotopic (exact) mass is 268 g/mol. The molecule has 1 aliphatic rings. The minimum Gasteiger partial charge on any atom is -0.489 e. The Labute approximate surface area is 119 Å². The van der Waals surface area contributed by atoms with Gasteiger partial charge in [-0.15, -0.1) is 0 Å². The SMILES string of the molecule is CC1(C)OB(O)c2cc(OCc3ccccc3)ccc21. The lowest BCUT2D eigenvalue weighted by Gasteiger charge is -2.19. The summed E-state index contributed by atoms with van der Waals surface area (Å²) in [5.74, 6) is 0.743. The predicted molar refractivity (Wildman–Crippen MR) is 78.9 cm³/mol. The highest BCUT2D eigenvalue weighted by Gasteiger charge is 2.40. The first-order valence-electron chi connectivity index (χ1n) is 6.73. The molecule has 0 unspecified atom stereocenters. The Hall–Kier alpha value is -1.78. The summed E-state index contributed by atoms with van der Waals surface area (Å²) in [6.45, 7) is 4.42. The molecule has 3 nitrogen and oxygen atoms in total. The van der Waals surface area contributed by atoms with E-state index in [1.54, 1.807) is 0 Å². The average Bonchev–Trinajstić information content (AvgIpc) is 2.67. The van der Waals surface area contributed by atoms with Crippen molar-refractivity contribution in [3.05, 3.63) is 59.7 Å². The molecule has 0 amide bonds. The molecule has 0 aliphatic carbocycles. The van der Waals surface area contributed by atoms with Crippen molar-refractivity contribution in [2.45, 2.75) is 26.1 Å². The summed E-state index contributed by atoms with van der Waals surface area (Å²) in [4.78, 5) is 0. The van der Waals surface area contributed by atoms with Gasteiger partial charge in [-0.25, -0.2) is 0 Å². The third-order valence-electron chi connectivity index (χ3n) is 3.59. The number of ether oxygens (including phenoxy) is 1. The van der Waals surface area contributed by atoms with Gasteiger partial charge in [0.2, 0.25) is 0 Å². The molecule has 0 radical (unpaired) electrons. The van der Waals surface area contributed by atoms with Crippen molar-refractivity contribution in [1.29, 1.82) is 0 Å². The molecule has 0 bridgehead atoms. The van der Waals surface area contributed by atoms with E-state index in [4.69, 9.17) is 9.39 Å². The van der Waals surface area contributed by atoms with Crippen molar-refractivity contribution in [3.63, 3.8) is 0 Å². The Morgan fingerprint density at radius 1 is 1.15 bits per heavy atom. The van der Waals surface area contributed by atoms with Crippen LogP contribution in [0.2, 0.25) is 0 Å². The largest absolute Gasteiger partial charge is 0.492 e. The zero-order chi connectivity index (χ0) is 14.2. The van der Waals surface area contributed by atoms with Gasteiger partial charge in [-0.05, 0) is 42.6 Å². The average molecular weight is 268 g/mol. The van der Waals surface area contributed by atoms with Crippen LogP contribution in [0.15, 0.2) is 48.5 Å². The zero-order valence-electron chi connectivity index (χ0n) is 11.7. The Bertz CT molecular complexity index is 610. The highest BCUT2D eigenvalue weighted by Crippen LogP contribution is 2.31. The molecule has 0 saturated heterocycles. The van der Waals surface area contributed by atoms with E-state index in [9.17, 15) is 5.02 Å². The fourth-order valence-corrected chi connectivity index (χ4v) is 2.53. The summed E-state index contributed by atoms with van der Waals surface area (Å²) in [6, 6.07) is 15.7. The first-order chi connectivity index (χ1) is 9.56. The molecule has 1 heterocycles. The third kappa shape index (κ3) is 2.44. The number of hydrogen-bond acceptors (Lipinski definition) is 3. The van der Waals surface area contributed by atoms with Crippen LogP contribution in [0.25, 0.3) is 0 Å². The summed E-state index contributed by atoms with van der Waals surface area (Å²) in [5, 5.41) is 9.95. The van der Waals surface area contributed by atoms with Crippen LogP contribution >= 0.6 is 0 Å². The maximum absolute atomic E-state index is 9.95. The molecule has 2 aromatic rings. The molecule has 0 aromatic heterocycles. The molecule has 20 heavy (non-hydrogen) atoms. The molecule has 102 valence electrons. The second kappa shape index (κ2) is 4.96. The molecule has 2 aromatic carbocycles. The van der Waals surface area contributed by atoms with Crippen molar-refractivity contribution in [2.75, 3.05) is 0 Å². The van der Waals surface area contributed by atoms with E-state index >= 15 is 0 Å². The molecule has 0 saturated carbocycles. The van der Waals surface area contributed by atoms with Crippen LogP contribution in [0.4, 0.5) is 0 Å². The predicted octanol–water partition coefficient (Wildman–Crippen LogP) is 2.22. The number of hydrogen-bond donors (Lipinski definition) is 1. The molecular weight excluding hydrogens is 251 g/mol. The van der Waals surface area contributed by atoms with E-state index < -0.39 is 12.7 Å². The summed E-state index contributed by atoms with van der Waals surface area (Å²) in [5.41, 5.74) is 2.47. The van der Waals surface area contributed by atoms with Gasteiger partial charge in [0.05, 0.1) is 5.60 Å². The van der Waals surface area contributed by atoms with Crippen molar-refractivity contribution >= 4 is 12.6 Å². The van der Waals surface area contributed by atoms with Crippen molar-refractivity contribution < 1.29 is 14.4 Å².